The molecule has 5 nitrogen and oxygen atoms in total. The van der Waals surface area contributed by atoms with Crippen LogP contribution in [-0.2, 0) is 24.7 Å². The summed E-state index contributed by atoms with van der Waals surface area (Å²) in [6.45, 7) is 1.49. The van der Waals surface area contributed by atoms with E-state index in [2.05, 4.69) is 5.32 Å². The lowest BCUT2D eigenvalue weighted by Crippen LogP contribution is -2.42. The van der Waals surface area contributed by atoms with Gasteiger partial charge in [0.05, 0.1) is 0 Å². The summed E-state index contributed by atoms with van der Waals surface area (Å²) in [4.78, 5) is 25.5. The van der Waals surface area contributed by atoms with Crippen molar-refractivity contribution in [1.82, 2.24) is 0 Å². The Kier molecular flexibility index (Phi) is 6.93. The number of rotatable bonds is 8. The Labute approximate surface area is 174 Å². The highest BCUT2D eigenvalue weighted by Crippen LogP contribution is 2.35. The zero-order chi connectivity index (χ0) is 21.4. The number of esters is 1. The number of hydrogen-bond acceptors (Lipinski definition) is 4. The normalized spacial score (nSPS) is 11.0. The summed E-state index contributed by atoms with van der Waals surface area (Å²) >= 11 is 0. The van der Waals surface area contributed by atoms with E-state index in [-0.39, 0.29) is 12.3 Å². The number of carbonyl (C=O) groups is 2. The Bertz CT molecular complexity index is 953. The third-order valence-electron chi connectivity index (χ3n) is 4.45. The Morgan fingerprint density at radius 1 is 0.900 bits per heavy atom. The van der Waals surface area contributed by atoms with E-state index in [9.17, 15) is 14.0 Å². The highest BCUT2D eigenvalue weighted by atomic mass is 19.1. The van der Waals surface area contributed by atoms with Crippen molar-refractivity contribution in [3.63, 3.8) is 0 Å². The number of benzene rings is 3. The molecule has 1 N–H and O–H groups in total. The van der Waals surface area contributed by atoms with Crippen LogP contribution in [0, 0.1) is 5.82 Å². The highest BCUT2D eigenvalue weighted by molar-refractivity contribution is 5.94. The molecule has 0 fully saturated rings. The zero-order valence-electron chi connectivity index (χ0n) is 16.5. The van der Waals surface area contributed by atoms with Crippen molar-refractivity contribution in [2.45, 2.75) is 12.5 Å². The molecule has 0 bridgehead atoms. The molecule has 30 heavy (non-hydrogen) atoms. The first-order chi connectivity index (χ1) is 14.6. The van der Waals surface area contributed by atoms with Gasteiger partial charge in [-0.15, -0.1) is 0 Å². The summed E-state index contributed by atoms with van der Waals surface area (Å²) in [7, 11) is 0. The number of ether oxygens (including phenoxy) is 2. The first kappa shape index (κ1) is 21.2. The van der Waals surface area contributed by atoms with Gasteiger partial charge in [0.1, 0.15) is 5.82 Å². The van der Waals surface area contributed by atoms with E-state index < -0.39 is 29.9 Å². The van der Waals surface area contributed by atoms with Gasteiger partial charge in [-0.1, -0.05) is 66.7 Å². The number of anilines is 1. The molecule has 0 unspecified atom stereocenters. The number of nitrogens with one attached hydrogen (secondary N) is 1. The molecule has 0 aliphatic carbocycles. The van der Waals surface area contributed by atoms with Crippen molar-refractivity contribution in [1.29, 1.82) is 0 Å². The fourth-order valence-electron chi connectivity index (χ4n) is 3.19. The monoisotopic (exact) mass is 407 g/mol. The Balaban J connectivity index is 1.84. The summed E-state index contributed by atoms with van der Waals surface area (Å²) in [5.41, 5.74) is -0.0587. The summed E-state index contributed by atoms with van der Waals surface area (Å²) in [5, 5.41) is 2.50. The third-order valence-corrected chi connectivity index (χ3v) is 4.45. The average molecular weight is 407 g/mol. The van der Waals surface area contributed by atoms with Gasteiger partial charge in [-0.05, 0) is 36.2 Å². The molecule has 6 heteroatoms. The summed E-state index contributed by atoms with van der Waals surface area (Å²) < 4.78 is 24.6. The van der Waals surface area contributed by atoms with Crippen molar-refractivity contribution in [3.8, 4) is 0 Å². The molecule has 0 atom stereocenters. The Morgan fingerprint density at radius 2 is 1.50 bits per heavy atom. The number of hydrogen-bond donors (Lipinski definition) is 1. The molecule has 0 heterocycles. The van der Waals surface area contributed by atoms with Gasteiger partial charge < -0.3 is 14.8 Å². The molecule has 0 aliphatic rings. The molecular formula is C24H22FNO4. The van der Waals surface area contributed by atoms with Gasteiger partial charge in [-0.2, -0.15) is 0 Å². The van der Waals surface area contributed by atoms with Gasteiger partial charge in [0.15, 0.2) is 6.61 Å². The summed E-state index contributed by atoms with van der Waals surface area (Å²) in [5.74, 6) is -1.77. The standard InChI is InChI=1S/C24H22FNO4/c1-2-30-24(18-10-5-3-6-11-18,19-12-7-4-8-13-19)23(28)29-17-22(27)26-21-15-9-14-20(25)16-21/h3-16H,2,17H2,1H3,(H,26,27). The number of amides is 1. The van der Waals surface area contributed by atoms with Crippen molar-refractivity contribution in [2.24, 2.45) is 0 Å². The van der Waals surface area contributed by atoms with E-state index >= 15 is 0 Å². The van der Waals surface area contributed by atoms with Crippen molar-refractivity contribution in [3.05, 3.63) is 102 Å². The molecule has 3 aromatic rings. The average Bonchev–Trinajstić information content (AvgIpc) is 2.77. The van der Waals surface area contributed by atoms with E-state index in [4.69, 9.17) is 9.47 Å². The maximum atomic E-state index is 13.3. The Morgan fingerprint density at radius 3 is 2.03 bits per heavy atom. The summed E-state index contributed by atoms with van der Waals surface area (Å²) in [6.07, 6.45) is 0. The van der Waals surface area contributed by atoms with E-state index in [0.29, 0.717) is 11.1 Å². The molecule has 3 rings (SSSR count). The van der Waals surface area contributed by atoms with Crippen LogP contribution in [0.3, 0.4) is 0 Å². The predicted octanol–water partition coefficient (Wildman–Crippen LogP) is 4.29. The molecule has 154 valence electrons. The minimum Gasteiger partial charge on any atom is -0.453 e. The number of carbonyl (C=O) groups excluding carboxylic acids is 2. The van der Waals surface area contributed by atoms with Crippen LogP contribution in [0.15, 0.2) is 84.9 Å². The largest absolute Gasteiger partial charge is 0.453 e. The predicted molar refractivity (Wildman–Crippen MR) is 111 cm³/mol. The fourth-order valence-corrected chi connectivity index (χ4v) is 3.19. The topological polar surface area (TPSA) is 64.6 Å². The van der Waals surface area contributed by atoms with Crippen molar-refractivity contribution < 1.29 is 23.5 Å². The molecule has 0 aliphatic heterocycles. The summed E-state index contributed by atoms with van der Waals surface area (Å²) in [6, 6.07) is 23.4. The van der Waals surface area contributed by atoms with E-state index in [1.54, 1.807) is 61.5 Å². The smallest absolute Gasteiger partial charge is 0.348 e. The first-order valence-corrected chi connectivity index (χ1v) is 9.54. The van der Waals surface area contributed by atoms with Crippen LogP contribution in [-0.4, -0.2) is 25.1 Å². The number of halogens is 1. The van der Waals surface area contributed by atoms with Crippen LogP contribution < -0.4 is 5.32 Å². The first-order valence-electron chi connectivity index (χ1n) is 9.54. The molecule has 3 aromatic carbocycles. The fraction of sp³-hybridized carbons (Fsp3) is 0.167. The lowest BCUT2D eigenvalue weighted by molar-refractivity contribution is -0.169. The molecule has 0 spiro atoms. The van der Waals surface area contributed by atoms with Crippen molar-refractivity contribution in [2.75, 3.05) is 18.5 Å². The van der Waals surface area contributed by atoms with Crippen LogP contribution >= 0.6 is 0 Å². The van der Waals surface area contributed by atoms with Gasteiger partial charge in [0, 0.05) is 12.3 Å². The molecule has 0 saturated heterocycles. The second-order valence-corrected chi connectivity index (χ2v) is 6.48. The maximum Gasteiger partial charge on any atom is 0.348 e. The lowest BCUT2D eigenvalue weighted by Gasteiger charge is -2.32. The highest BCUT2D eigenvalue weighted by Gasteiger charge is 2.45. The minimum absolute atomic E-state index is 0.244. The molecule has 0 radical (unpaired) electrons. The van der Waals surface area contributed by atoms with Crippen molar-refractivity contribution >= 4 is 17.6 Å². The molecule has 1 amide bonds. The zero-order valence-corrected chi connectivity index (χ0v) is 16.5. The quantitative estimate of drug-likeness (QED) is 0.566. The second kappa shape index (κ2) is 9.80. The maximum absolute atomic E-state index is 13.3. The molecule has 0 aromatic heterocycles. The van der Waals surface area contributed by atoms with Crippen LogP contribution in [0.2, 0.25) is 0 Å². The van der Waals surface area contributed by atoms with Gasteiger partial charge >= 0.3 is 5.97 Å². The van der Waals surface area contributed by atoms with Crippen LogP contribution in [0.25, 0.3) is 0 Å². The second-order valence-electron chi connectivity index (χ2n) is 6.48. The van der Waals surface area contributed by atoms with E-state index in [1.165, 1.54) is 18.2 Å². The van der Waals surface area contributed by atoms with Gasteiger partial charge in [-0.25, -0.2) is 9.18 Å². The van der Waals surface area contributed by atoms with Gasteiger partial charge in [0.25, 0.3) is 5.91 Å². The molecule has 0 saturated carbocycles. The Hall–Kier alpha value is -3.51. The van der Waals surface area contributed by atoms with Gasteiger partial charge in [0.2, 0.25) is 5.60 Å². The van der Waals surface area contributed by atoms with E-state index in [1.807, 2.05) is 12.1 Å². The van der Waals surface area contributed by atoms with Gasteiger partial charge in [-0.3, -0.25) is 4.79 Å². The molecular weight excluding hydrogens is 385 g/mol. The van der Waals surface area contributed by atoms with E-state index in [0.717, 1.165) is 0 Å². The van der Waals surface area contributed by atoms with Crippen LogP contribution in [0.4, 0.5) is 10.1 Å². The van der Waals surface area contributed by atoms with Crippen LogP contribution in [0.5, 0.6) is 0 Å². The third kappa shape index (κ3) is 4.72. The van der Waals surface area contributed by atoms with Crippen LogP contribution in [0.1, 0.15) is 18.1 Å². The lowest BCUT2D eigenvalue weighted by atomic mass is 9.86. The SMILES string of the molecule is CCOC(C(=O)OCC(=O)Nc1cccc(F)c1)(c1ccccc1)c1ccccc1. The minimum atomic E-state index is -1.52.